The normalized spacial score (nSPS) is 8.56. The lowest BCUT2D eigenvalue weighted by molar-refractivity contribution is 0.322. The van der Waals surface area contributed by atoms with Crippen LogP contribution in [0.5, 0.6) is 0 Å². The van der Waals surface area contributed by atoms with E-state index in [1.54, 1.807) is 11.8 Å². The molecule has 0 saturated carbocycles. The number of nitrogens with zero attached hydrogens (tertiary/aromatic N) is 3. The highest BCUT2D eigenvalue weighted by Crippen LogP contribution is 1.96. The Labute approximate surface area is 57.9 Å². The summed E-state index contributed by atoms with van der Waals surface area (Å²) in [6.07, 6.45) is 0. The average molecular weight is 147 g/mol. The Bertz CT molecular complexity index is 102. The quantitative estimate of drug-likeness (QED) is 0.273. The third-order valence-corrected chi connectivity index (χ3v) is 1.58. The van der Waals surface area contributed by atoms with E-state index in [9.17, 15) is 0 Å². The van der Waals surface area contributed by atoms with Gasteiger partial charge in [-0.3, -0.25) is 0 Å². The number of rotatable bonds is 5. The number of aliphatic hydroxyl groups is 1. The topological polar surface area (TPSA) is 69.0 Å². The van der Waals surface area contributed by atoms with E-state index in [1.807, 2.05) is 0 Å². The van der Waals surface area contributed by atoms with E-state index in [-0.39, 0.29) is 6.61 Å². The fourth-order valence-electron chi connectivity index (χ4n) is 0.317. The molecule has 1 N–H and O–H groups in total. The number of thioether (sulfide) groups is 1. The first-order valence-electron chi connectivity index (χ1n) is 2.61. The zero-order valence-corrected chi connectivity index (χ0v) is 5.84. The fraction of sp³-hybridized carbons (Fsp3) is 1.00. The number of hydrogen-bond donors (Lipinski definition) is 1. The number of azide groups is 1. The lowest BCUT2D eigenvalue weighted by Gasteiger charge is -1.91. The molecule has 0 saturated heterocycles. The van der Waals surface area contributed by atoms with Crippen molar-refractivity contribution < 1.29 is 5.11 Å². The molecule has 5 heteroatoms. The van der Waals surface area contributed by atoms with Gasteiger partial charge in [0.2, 0.25) is 0 Å². The minimum Gasteiger partial charge on any atom is -0.396 e. The Morgan fingerprint density at radius 2 is 2.33 bits per heavy atom. The van der Waals surface area contributed by atoms with Gasteiger partial charge < -0.3 is 5.11 Å². The van der Waals surface area contributed by atoms with Gasteiger partial charge in [-0.15, -0.1) is 0 Å². The molecule has 9 heavy (non-hydrogen) atoms. The third kappa shape index (κ3) is 7.62. The summed E-state index contributed by atoms with van der Waals surface area (Å²) in [6, 6.07) is 0. The van der Waals surface area contributed by atoms with Crippen molar-refractivity contribution in [2.45, 2.75) is 0 Å². The summed E-state index contributed by atoms with van der Waals surface area (Å²) < 4.78 is 0. The van der Waals surface area contributed by atoms with Gasteiger partial charge in [0, 0.05) is 17.2 Å². The summed E-state index contributed by atoms with van der Waals surface area (Å²) in [6.45, 7) is 0.710. The van der Waals surface area contributed by atoms with E-state index in [4.69, 9.17) is 10.6 Å². The van der Waals surface area contributed by atoms with Crippen LogP contribution in [0, 0.1) is 0 Å². The maximum atomic E-state index is 8.30. The average Bonchev–Trinajstić information content (AvgIpc) is 1.89. The predicted molar refractivity (Wildman–Crippen MR) is 38.4 cm³/mol. The second-order valence-electron chi connectivity index (χ2n) is 1.29. The van der Waals surface area contributed by atoms with E-state index < -0.39 is 0 Å². The van der Waals surface area contributed by atoms with Crippen molar-refractivity contribution in [1.29, 1.82) is 0 Å². The van der Waals surface area contributed by atoms with Crippen LogP contribution in [-0.4, -0.2) is 29.8 Å². The first kappa shape index (κ1) is 8.62. The Kier molecular flexibility index (Phi) is 7.30. The van der Waals surface area contributed by atoms with E-state index in [0.717, 1.165) is 11.5 Å². The summed E-state index contributed by atoms with van der Waals surface area (Å²) in [5.74, 6) is 1.52. The molecule has 0 atom stereocenters. The zero-order valence-electron chi connectivity index (χ0n) is 5.03. The smallest absolute Gasteiger partial charge is 0.0521 e. The first-order chi connectivity index (χ1) is 4.41. The summed E-state index contributed by atoms with van der Waals surface area (Å²) >= 11 is 1.58. The highest BCUT2D eigenvalue weighted by molar-refractivity contribution is 7.99. The van der Waals surface area contributed by atoms with Gasteiger partial charge >= 0.3 is 0 Å². The van der Waals surface area contributed by atoms with E-state index >= 15 is 0 Å². The molecule has 0 aliphatic rings. The van der Waals surface area contributed by atoms with Gasteiger partial charge in [0.05, 0.1) is 6.61 Å². The molecule has 0 bridgehead atoms. The fourth-order valence-corrected chi connectivity index (χ4v) is 0.861. The van der Waals surface area contributed by atoms with Gasteiger partial charge in [-0.25, -0.2) is 0 Å². The van der Waals surface area contributed by atoms with Gasteiger partial charge in [-0.2, -0.15) is 11.8 Å². The van der Waals surface area contributed by atoms with Crippen LogP contribution < -0.4 is 0 Å². The van der Waals surface area contributed by atoms with Crippen LogP contribution >= 0.6 is 11.8 Å². The van der Waals surface area contributed by atoms with Gasteiger partial charge in [0.25, 0.3) is 0 Å². The first-order valence-corrected chi connectivity index (χ1v) is 3.76. The van der Waals surface area contributed by atoms with Crippen molar-refractivity contribution >= 4 is 11.8 Å². The van der Waals surface area contributed by atoms with Crippen LogP contribution in [0.25, 0.3) is 10.4 Å². The van der Waals surface area contributed by atoms with Crippen molar-refractivity contribution in [3.63, 3.8) is 0 Å². The van der Waals surface area contributed by atoms with E-state index in [0.29, 0.717) is 6.54 Å². The molecule has 0 unspecified atom stereocenters. The summed E-state index contributed by atoms with van der Waals surface area (Å²) in [4.78, 5) is 2.58. The number of aliphatic hydroxyl groups excluding tert-OH is 1. The Balaban J connectivity index is 2.82. The molecule has 0 aliphatic heterocycles. The second-order valence-corrected chi connectivity index (χ2v) is 2.52. The van der Waals surface area contributed by atoms with Crippen LogP contribution in [0.3, 0.4) is 0 Å². The minimum absolute atomic E-state index is 0.195. The van der Waals surface area contributed by atoms with Crippen LogP contribution in [0.2, 0.25) is 0 Å². The molecule has 0 amide bonds. The molecule has 0 aromatic carbocycles. The van der Waals surface area contributed by atoms with Crippen LogP contribution in [0.4, 0.5) is 0 Å². The SMILES string of the molecule is [N-]=[N+]=NCCSCCO. The molecule has 0 spiro atoms. The van der Waals surface area contributed by atoms with Crippen molar-refractivity contribution in [2.24, 2.45) is 5.11 Å². The minimum atomic E-state index is 0.195. The van der Waals surface area contributed by atoms with Gasteiger partial charge in [0.15, 0.2) is 0 Å². The Morgan fingerprint density at radius 1 is 1.56 bits per heavy atom. The summed E-state index contributed by atoms with van der Waals surface area (Å²) in [5.41, 5.74) is 7.82. The highest BCUT2D eigenvalue weighted by Gasteiger charge is 1.83. The van der Waals surface area contributed by atoms with Crippen LogP contribution in [-0.2, 0) is 0 Å². The molecule has 52 valence electrons. The van der Waals surface area contributed by atoms with Crippen molar-refractivity contribution in [2.75, 3.05) is 24.7 Å². The third-order valence-electron chi connectivity index (χ3n) is 0.634. The molecule has 0 radical (unpaired) electrons. The molecule has 0 aliphatic carbocycles. The maximum Gasteiger partial charge on any atom is 0.0521 e. The number of hydrogen-bond acceptors (Lipinski definition) is 3. The molecule has 4 nitrogen and oxygen atoms in total. The highest BCUT2D eigenvalue weighted by atomic mass is 32.2. The van der Waals surface area contributed by atoms with Gasteiger partial charge in [0.1, 0.15) is 0 Å². The molecule has 0 aromatic heterocycles. The molecule has 0 rings (SSSR count). The molecular formula is C4H9N3OS. The maximum absolute atomic E-state index is 8.30. The largest absolute Gasteiger partial charge is 0.396 e. The van der Waals surface area contributed by atoms with Gasteiger partial charge in [-0.05, 0) is 11.3 Å². The Morgan fingerprint density at radius 3 is 2.89 bits per heavy atom. The van der Waals surface area contributed by atoms with Crippen molar-refractivity contribution in [1.82, 2.24) is 0 Å². The van der Waals surface area contributed by atoms with Crippen LogP contribution in [0.1, 0.15) is 0 Å². The van der Waals surface area contributed by atoms with E-state index in [1.165, 1.54) is 0 Å². The zero-order chi connectivity index (χ0) is 6.95. The predicted octanol–water partition coefficient (Wildman–Crippen LogP) is 1.02. The van der Waals surface area contributed by atoms with E-state index in [2.05, 4.69) is 10.0 Å². The molecule has 0 fully saturated rings. The van der Waals surface area contributed by atoms with Crippen LogP contribution in [0.15, 0.2) is 5.11 Å². The lowest BCUT2D eigenvalue weighted by Crippen LogP contribution is -1.89. The van der Waals surface area contributed by atoms with Crippen molar-refractivity contribution in [3.05, 3.63) is 10.4 Å². The van der Waals surface area contributed by atoms with Crippen molar-refractivity contribution in [3.8, 4) is 0 Å². The standard InChI is InChI=1S/C4H9N3OS/c5-7-6-1-3-9-4-2-8/h8H,1-4H2. The second kappa shape index (κ2) is 7.62. The Hall–Kier alpha value is -0.380. The van der Waals surface area contributed by atoms with Gasteiger partial charge in [-0.1, -0.05) is 5.11 Å². The molecular weight excluding hydrogens is 138 g/mol. The summed E-state index contributed by atoms with van der Waals surface area (Å²) in [7, 11) is 0. The monoisotopic (exact) mass is 147 g/mol. The molecule has 0 aromatic rings. The lowest BCUT2D eigenvalue weighted by atomic mass is 10.8. The molecule has 0 heterocycles. The summed E-state index contributed by atoms with van der Waals surface area (Å²) in [5, 5.41) is 11.6.